The van der Waals surface area contributed by atoms with Crippen LogP contribution in [-0.4, -0.2) is 26.3 Å². The molecule has 0 saturated carbocycles. The minimum atomic E-state index is -0.202. The van der Waals surface area contributed by atoms with E-state index >= 15 is 0 Å². The van der Waals surface area contributed by atoms with Crippen LogP contribution in [0.3, 0.4) is 0 Å². The minimum absolute atomic E-state index is 0.202. The van der Waals surface area contributed by atoms with Gasteiger partial charge in [-0.15, -0.1) is 0 Å². The Hall–Kier alpha value is -1.19. The fourth-order valence-electron chi connectivity index (χ4n) is 1.24. The van der Waals surface area contributed by atoms with E-state index in [4.69, 9.17) is 4.74 Å². The van der Waals surface area contributed by atoms with Gasteiger partial charge in [0.25, 0.3) is 0 Å². The maximum Gasteiger partial charge on any atom is 0.123 e. The van der Waals surface area contributed by atoms with E-state index in [-0.39, 0.29) is 5.82 Å². The highest BCUT2D eigenvalue weighted by atomic mass is 19.1. The summed E-state index contributed by atoms with van der Waals surface area (Å²) in [4.78, 5) is 0. The molecule has 1 aromatic rings. The van der Waals surface area contributed by atoms with Gasteiger partial charge in [-0.2, -0.15) is 0 Å². The van der Waals surface area contributed by atoms with Crippen LogP contribution in [0.2, 0.25) is 0 Å². The van der Waals surface area contributed by atoms with Crippen molar-refractivity contribution in [1.29, 1.82) is 0 Å². The molecule has 1 N–H and O–H groups in total. The standard InChI is InChI=1S/C13H18FNO/c1-2-16-11-10-15-9-3-4-12-5-7-13(14)8-6-12/h3-8,15H,2,9-11H2,1H3/b4-3+. The Morgan fingerprint density at radius 3 is 2.75 bits per heavy atom. The molecule has 3 heteroatoms. The molecule has 0 bridgehead atoms. The van der Waals surface area contributed by atoms with Crippen LogP contribution in [0.25, 0.3) is 6.08 Å². The quantitative estimate of drug-likeness (QED) is 0.717. The molecule has 0 fully saturated rings. The number of hydrogen-bond acceptors (Lipinski definition) is 2. The van der Waals surface area contributed by atoms with E-state index in [9.17, 15) is 4.39 Å². The van der Waals surface area contributed by atoms with Crippen molar-refractivity contribution in [1.82, 2.24) is 5.32 Å². The van der Waals surface area contributed by atoms with Crippen molar-refractivity contribution in [3.05, 3.63) is 41.7 Å². The van der Waals surface area contributed by atoms with Gasteiger partial charge in [0.2, 0.25) is 0 Å². The Kier molecular flexibility index (Phi) is 6.45. The van der Waals surface area contributed by atoms with Crippen LogP contribution >= 0.6 is 0 Å². The van der Waals surface area contributed by atoms with E-state index < -0.39 is 0 Å². The lowest BCUT2D eigenvalue weighted by Gasteiger charge is -2.01. The summed E-state index contributed by atoms with van der Waals surface area (Å²) in [5.41, 5.74) is 1.01. The van der Waals surface area contributed by atoms with Crippen molar-refractivity contribution < 1.29 is 9.13 Å². The Bertz CT molecular complexity index is 308. The van der Waals surface area contributed by atoms with Crippen LogP contribution < -0.4 is 5.32 Å². The molecule has 16 heavy (non-hydrogen) atoms. The molecule has 0 amide bonds. The minimum Gasteiger partial charge on any atom is -0.380 e. The number of ether oxygens (including phenoxy) is 1. The Morgan fingerprint density at radius 1 is 1.31 bits per heavy atom. The zero-order valence-electron chi connectivity index (χ0n) is 9.58. The molecule has 0 aliphatic heterocycles. The highest BCUT2D eigenvalue weighted by molar-refractivity contribution is 5.48. The van der Waals surface area contributed by atoms with Gasteiger partial charge in [-0.1, -0.05) is 24.3 Å². The molecule has 2 nitrogen and oxygen atoms in total. The SMILES string of the molecule is CCOCCNC/C=C/c1ccc(F)cc1. The maximum atomic E-state index is 12.6. The summed E-state index contributed by atoms with van der Waals surface area (Å²) in [6.07, 6.45) is 3.98. The second-order valence-electron chi connectivity index (χ2n) is 3.35. The first-order valence-electron chi connectivity index (χ1n) is 5.53. The van der Waals surface area contributed by atoms with Gasteiger partial charge in [0.15, 0.2) is 0 Å². The molecule has 0 spiro atoms. The van der Waals surface area contributed by atoms with Crippen LogP contribution in [-0.2, 0) is 4.74 Å². The fraction of sp³-hybridized carbons (Fsp3) is 0.385. The molecule has 0 heterocycles. The van der Waals surface area contributed by atoms with E-state index in [1.165, 1.54) is 12.1 Å². The number of hydrogen-bond donors (Lipinski definition) is 1. The third-order valence-electron chi connectivity index (χ3n) is 2.07. The Balaban J connectivity index is 2.14. The molecule has 0 aromatic heterocycles. The van der Waals surface area contributed by atoms with Crippen LogP contribution in [0.4, 0.5) is 4.39 Å². The third kappa shape index (κ3) is 5.63. The van der Waals surface area contributed by atoms with Gasteiger partial charge in [0, 0.05) is 19.7 Å². The zero-order valence-corrected chi connectivity index (χ0v) is 9.58. The normalized spacial score (nSPS) is 11.1. The fourth-order valence-corrected chi connectivity index (χ4v) is 1.24. The molecule has 88 valence electrons. The highest BCUT2D eigenvalue weighted by Crippen LogP contribution is 2.03. The van der Waals surface area contributed by atoms with E-state index in [1.54, 1.807) is 12.1 Å². The Labute approximate surface area is 96.1 Å². The topological polar surface area (TPSA) is 21.3 Å². The lowest BCUT2D eigenvalue weighted by molar-refractivity contribution is 0.150. The van der Waals surface area contributed by atoms with Gasteiger partial charge in [-0.3, -0.25) is 0 Å². The van der Waals surface area contributed by atoms with Crippen molar-refractivity contribution in [2.45, 2.75) is 6.92 Å². The van der Waals surface area contributed by atoms with Gasteiger partial charge >= 0.3 is 0 Å². The summed E-state index contributed by atoms with van der Waals surface area (Å²) in [5, 5.41) is 3.22. The average molecular weight is 223 g/mol. The second kappa shape index (κ2) is 8.02. The van der Waals surface area contributed by atoms with Gasteiger partial charge in [0.1, 0.15) is 5.82 Å². The van der Waals surface area contributed by atoms with Crippen LogP contribution in [0.15, 0.2) is 30.3 Å². The van der Waals surface area contributed by atoms with Crippen LogP contribution in [0.5, 0.6) is 0 Å². The lowest BCUT2D eigenvalue weighted by Crippen LogP contribution is -2.19. The summed E-state index contributed by atoms with van der Waals surface area (Å²) in [5.74, 6) is -0.202. The molecule has 0 atom stereocenters. The molecule has 0 radical (unpaired) electrons. The van der Waals surface area contributed by atoms with Crippen molar-refractivity contribution in [2.24, 2.45) is 0 Å². The molecule has 0 aliphatic rings. The number of nitrogens with one attached hydrogen (secondary N) is 1. The summed E-state index contributed by atoms with van der Waals surface area (Å²) in [6.45, 7) is 5.12. The van der Waals surface area contributed by atoms with Gasteiger partial charge in [0.05, 0.1) is 6.61 Å². The van der Waals surface area contributed by atoms with Crippen molar-refractivity contribution in [3.63, 3.8) is 0 Å². The lowest BCUT2D eigenvalue weighted by atomic mass is 10.2. The monoisotopic (exact) mass is 223 g/mol. The molecule has 0 saturated heterocycles. The summed E-state index contributed by atoms with van der Waals surface area (Å²) in [7, 11) is 0. The molecule has 0 unspecified atom stereocenters. The largest absolute Gasteiger partial charge is 0.380 e. The van der Waals surface area contributed by atoms with Gasteiger partial charge < -0.3 is 10.1 Å². The van der Waals surface area contributed by atoms with Gasteiger partial charge in [-0.05, 0) is 24.6 Å². The maximum absolute atomic E-state index is 12.6. The smallest absolute Gasteiger partial charge is 0.123 e. The molecular weight excluding hydrogens is 205 g/mol. The van der Waals surface area contributed by atoms with Crippen molar-refractivity contribution in [3.8, 4) is 0 Å². The number of benzene rings is 1. The number of rotatable bonds is 7. The predicted molar refractivity (Wildman–Crippen MR) is 64.8 cm³/mol. The van der Waals surface area contributed by atoms with Crippen LogP contribution in [0.1, 0.15) is 12.5 Å². The summed E-state index contributed by atoms with van der Waals surface area (Å²) < 4.78 is 17.8. The molecule has 1 rings (SSSR count). The van der Waals surface area contributed by atoms with E-state index in [1.807, 2.05) is 19.1 Å². The van der Waals surface area contributed by atoms with E-state index in [0.29, 0.717) is 0 Å². The third-order valence-corrected chi connectivity index (χ3v) is 2.07. The first-order valence-corrected chi connectivity index (χ1v) is 5.53. The molecule has 1 aromatic carbocycles. The first-order chi connectivity index (χ1) is 7.83. The van der Waals surface area contributed by atoms with Crippen LogP contribution in [0, 0.1) is 5.82 Å². The number of halogens is 1. The molecule has 0 aliphatic carbocycles. The zero-order chi connectivity index (χ0) is 11.6. The van der Waals surface area contributed by atoms with E-state index in [0.717, 1.165) is 31.9 Å². The summed E-state index contributed by atoms with van der Waals surface area (Å²) >= 11 is 0. The predicted octanol–water partition coefficient (Wildman–Crippen LogP) is 2.47. The summed E-state index contributed by atoms with van der Waals surface area (Å²) in [6, 6.07) is 6.43. The average Bonchev–Trinajstić information content (AvgIpc) is 2.30. The first kappa shape index (κ1) is 12.9. The Morgan fingerprint density at radius 2 is 2.06 bits per heavy atom. The van der Waals surface area contributed by atoms with Crippen molar-refractivity contribution in [2.75, 3.05) is 26.3 Å². The van der Waals surface area contributed by atoms with Gasteiger partial charge in [-0.25, -0.2) is 4.39 Å². The van der Waals surface area contributed by atoms with E-state index in [2.05, 4.69) is 5.32 Å². The highest BCUT2D eigenvalue weighted by Gasteiger charge is 1.88. The van der Waals surface area contributed by atoms with Crippen molar-refractivity contribution >= 4 is 6.08 Å². The second-order valence-corrected chi connectivity index (χ2v) is 3.35. The molecular formula is C13H18FNO.